The third-order valence-electron chi connectivity index (χ3n) is 6.20. The number of aliphatic hydroxyl groups is 1. The Kier molecular flexibility index (Phi) is 5.05. The van der Waals surface area contributed by atoms with E-state index in [4.69, 9.17) is 4.74 Å². The second-order valence-corrected chi connectivity index (χ2v) is 9.10. The van der Waals surface area contributed by atoms with E-state index < -0.39 is 11.7 Å². The van der Waals surface area contributed by atoms with Gasteiger partial charge in [-0.2, -0.15) is 0 Å². The number of hydrogen-bond donors (Lipinski definition) is 2. The summed E-state index contributed by atoms with van der Waals surface area (Å²) in [7, 11) is 0. The van der Waals surface area contributed by atoms with Gasteiger partial charge >= 0.3 is 6.09 Å². The quantitative estimate of drug-likeness (QED) is 0.572. The molecule has 2 aromatic carbocycles. The van der Waals surface area contributed by atoms with Crippen LogP contribution in [0.2, 0.25) is 0 Å². The lowest BCUT2D eigenvalue weighted by atomic mass is 9.84. The van der Waals surface area contributed by atoms with Gasteiger partial charge in [0.2, 0.25) is 0 Å². The summed E-state index contributed by atoms with van der Waals surface area (Å²) >= 11 is 1.33. The Hall–Kier alpha value is -2.70. The van der Waals surface area contributed by atoms with E-state index in [1.807, 2.05) is 24.3 Å². The summed E-state index contributed by atoms with van der Waals surface area (Å²) in [6.45, 7) is 0.266. The molecule has 1 fully saturated rings. The highest BCUT2D eigenvalue weighted by molar-refractivity contribution is 7.15. The Morgan fingerprint density at radius 2 is 1.70 bits per heavy atom. The molecule has 0 aliphatic heterocycles. The molecule has 0 bridgehead atoms. The van der Waals surface area contributed by atoms with Crippen LogP contribution in [0.4, 0.5) is 9.93 Å². The molecule has 6 heteroatoms. The molecule has 2 aliphatic rings. The molecule has 3 aromatic rings. The van der Waals surface area contributed by atoms with Crippen molar-refractivity contribution in [1.82, 2.24) is 4.98 Å². The minimum absolute atomic E-state index is 0.0259. The zero-order valence-corrected chi connectivity index (χ0v) is 17.5. The topological polar surface area (TPSA) is 71.5 Å². The Bertz CT molecular complexity index is 1030. The number of hydrogen-bond acceptors (Lipinski definition) is 5. The van der Waals surface area contributed by atoms with E-state index >= 15 is 0 Å². The summed E-state index contributed by atoms with van der Waals surface area (Å²) in [6.07, 6.45) is 5.85. The molecule has 0 spiro atoms. The number of thiazole rings is 1. The van der Waals surface area contributed by atoms with E-state index in [0.717, 1.165) is 37.0 Å². The van der Waals surface area contributed by atoms with Crippen LogP contribution < -0.4 is 5.32 Å². The van der Waals surface area contributed by atoms with Gasteiger partial charge in [0.1, 0.15) is 12.2 Å². The first-order valence-electron chi connectivity index (χ1n) is 10.4. The third-order valence-corrected chi connectivity index (χ3v) is 7.30. The standard InChI is InChI=1S/C24H24N2O3S/c27-23(26-22-25-14-21(30-22)24(28)12-6-1-7-13-24)29-15-20-18-10-4-2-8-16(18)17-9-3-5-11-19(17)20/h2-5,8-11,14,20,28H,1,6-7,12-13,15H2,(H,25,26,27). The minimum atomic E-state index is -0.809. The fraction of sp³-hybridized carbons (Fsp3) is 0.333. The minimum Gasteiger partial charge on any atom is -0.448 e. The van der Waals surface area contributed by atoms with Crippen molar-refractivity contribution >= 4 is 22.6 Å². The average molecular weight is 421 g/mol. The van der Waals surface area contributed by atoms with Crippen LogP contribution in [0.15, 0.2) is 54.7 Å². The van der Waals surface area contributed by atoms with Crippen molar-refractivity contribution in [1.29, 1.82) is 0 Å². The highest BCUT2D eigenvalue weighted by atomic mass is 32.1. The normalized spacial score (nSPS) is 17.2. The van der Waals surface area contributed by atoms with Gasteiger partial charge in [-0.1, -0.05) is 79.1 Å². The number of aromatic nitrogens is 1. The van der Waals surface area contributed by atoms with Crippen molar-refractivity contribution in [3.63, 3.8) is 0 Å². The van der Waals surface area contributed by atoms with Gasteiger partial charge in [0.25, 0.3) is 0 Å². The number of ether oxygens (including phenoxy) is 1. The second-order valence-electron chi connectivity index (χ2n) is 8.07. The Balaban J connectivity index is 1.25. The number of rotatable bonds is 4. The van der Waals surface area contributed by atoms with E-state index in [1.54, 1.807) is 6.20 Å². The molecular weight excluding hydrogens is 396 g/mol. The fourth-order valence-electron chi connectivity index (χ4n) is 4.65. The lowest BCUT2D eigenvalue weighted by Gasteiger charge is -2.30. The fourth-order valence-corrected chi connectivity index (χ4v) is 5.60. The van der Waals surface area contributed by atoms with E-state index in [1.165, 1.54) is 33.6 Å². The average Bonchev–Trinajstić information content (AvgIpc) is 3.36. The molecule has 1 heterocycles. The number of nitrogens with zero attached hydrogens (tertiary/aromatic N) is 1. The molecule has 5 nitrogen and oxygen atoms in total. The van der Waals surface area contributed by atoms with Crippen LogP contribution in [0.25, 0.3) is 11.1 Å². The number of amides is 1. The van der Waals surface area contributed by atoms with Crippen molar-refractivity contribution in [3.8, 4) is 11.1 Å². The van der Waals surface area contributed by atoms with Crippen molar-refractivity contribution in [3.05, 3.63) is 70.7 Å². The lowest BCUT2D eigenvalue weighted by Crippen LogP contribution is -2.27. The van der Waals surface area contributed by atoms with Crippen molar-refractivity contribution in [2.24, 2.45) is 0 Å². The summed E-state index contributed by atoms with van der Waals surface area (Å²) in [5.74, 6) is 0.0259. The molecule has 154 valence electrons. The zero-order valence-electron chi connectivity index (χ0n) is 16.6. The molecule has 1 aromatic heterocycles. The van der Waals surface area contributed by atoms with Gasteiger partial charge in [-0.25, -0.2) is 9.78 Å². The summed E-state index contributed by atoms with van der Waals surface area (Å²) < 4.78 is 5.58. The summed E-state index contributed by atoms with van der Waals surface area (Å²) in [6, 6.07) is 16.5. The summed E-state index contributed by atoms with van der Waals surface area (Å²) in [5.41, 5.74) is 3.96. The number of nitrogens with one attached hydrogen (secondary N) is 1. The molecule has 2 N–H and O–H groups in total. The van der Waals surface area contributed by atoms with Gasteiger partial charge in [-0.15, -0.1) is 0 Å². The molecule has 1 saturated carbocycles. The van der Waals surface area contributed by atoms with E-state index in [9.17, 15) is 9.90 Å². The summed E-state index contributed by atoms with van der Waals surface area (Å²) in [4.78, 5) is 17.5. The molecule has 2 aliphatic carbocycles. The van der Waals surface area contributed by atoms with Crippen LogP contribution in [-0.2, 0) is 10.3 Å². The number of fused-ring (bicyclic) bond motifs is 3. The van der Waals surface area contributed by atoms with Gasteiger partial charge in [0, 0.05) is 12.1 Å². The predicted molar refractivity (Wildman–Crippen MR) is 118 cm³/mol. The molecule has 0 saturated heterocycles. The number of benzene rings is 2. The van der Waals surface area contributed by atoms with Crippen LogP contribution >= 0.6 is 11.3 Å². The van der Waals surface area contributed by atoms with Crippen LogP contribution in [0.5, 0.6) is 0 Å². The number of anilines is 1. The first kappa shape index (κ1) is 19.3. The maximum Gasteiger partial charge on any atom is 0.413 e. The maximum atomic E-state index is 12.4. The maximum absolute atomic E-state index is 12.4. The molecular formula is C24H24N2O3S. The van der Waals surface area contributed by atoms with Crippen LogP contribution in [-0.4, -0.2) is 22.8 Å². The Morgan fingerprint density at radius 1 is 1.07 bits per heavy atom. The Labute approximate surface area is 179 Å². The molecule has 1 amide bonds. The van der Waals surface area contributed by atoms with Gasteiger partial charge in [0.15, 0.2) is 5.13 Å². The highest BCUT2D eigenvalue weighted by Crippen LogP contribution is 2.44. The van der Waals surface area contributed by atoms with Crippen LogP contribution in [0.1, 0.15) is 54.0 Å². The van der Waals surface area contributed by atoms with E-state index in [-0.39, 0.29) is 12.5 Å². The molecule has 0 unspecified atom stereocenters. The van der Waals surface area contributed by atoms with E-state index in [0.29, 0.717) is 5.13 Å². The van der Waals surface area contributed by atoms with Gasteiger partial charge in [0.05, 0.1) is 4.88 Å². The first-order valence-corrected chi connectivity index (χ1v) is 11.3. The van der Waals surface area contributed by atoms with Crippen molar-refractivity contribution < 1.29 is 14.6 Å². The van der Waals surface area contributed by atoms with Crippen molar-refractivity contribution in [2.75, 3.05) is 11.9 Å². The highest BCUT2D eigenvalue weighted by Gasteiger charge is 2.33. The Morgan fingerprint density at radius 3 is 2.37 bits per heavy atom. The zero-order chi connectivity index (χ0) is 20.6. The van der Waals surface area contributed by atoms with Gasteiger partial charge in [-0.3, -0.25) is 5.32 Å². The van der Waals surface area contributed by atoms with Crippen molar-refractivity contribution in [2.45, 2.75) is 43.6 Å². The van der Waals surface area contributed by atoms with Gasteiger partial charge in [-0.05, 0) is 35.1 Å². The lowest BCUT2D eigenvalue weighted by molar-refractivity contribution is 0.00264. The monoisotopic (exact) mass is 420 g/mol. The second kappa shape index (κ2) is 7.85. The third kappa shape index (κ3) is 3.50. The van der Waals surface area contributed by atoms with E-state index in [2.05, 4.69) is 34.6 Å². The molecule has 5 rings (SSSR count). The number of carbonyl (C=O) groups excluding carboxylic acids is 1. The van der Waals surface area contributed by atoms with Crippen LogP contribution in [0, 0.1) is 0 Å². The predicted octanol–water partition coefficient (Wildman–Crippen LogP) is 5.66. The largest absolute Gasteiger partial charge is 0.448 e. The molecule has 0 radical (unpaired) electrons. The van der Waals surface area contributed by atoms with Gasteiger partial charge < -0.3 is 9.84 Å². The number of carbonyl (C=O) groups is 1. The first-order chi connectivity index (χ1) is 14.6. The summed E-state index contributed by atoms with van der Waals surface area (Å²) in [5, 5.41) is 14.0. The smallest absolute Gasteiger partial charge is 0.413 e. The van der Waals surface area contributed by atoms with Crippen LogP contribution in [0.3, 0.4) is 0 Å². The molecule has 0 atom stereocenters. The molecule has 30 heavy (non-hydrogen) atoms. The SMILES string of the molecule is O=C(Nc1ncc(C2(O)CCCCC2)s1)OCC1c2ccccc2-c2ccccc21.